The number of allylic oxidation sites excluding steroid dienone is 4. The first-order chi connectivity index (χ1) is 15.5. The van der Waals surface area contributed by atoms with Crippen LogP contribution in [0, 0.1) is 0 Å². The molecular weight excluding hydrogens is 402 g/mol. The van der Waals surface area contributed by atoms with E-state index in [9.17, 15) is 19.8 Å². The van der Waals surface area contributed by atoms with E-state index in [1.165, 1.54) is 37.8 Å². The molecule has 0 aliphatic rings. The Balaban J connectivity index is 2.07. The zero-order chi connectivity index (χ0) is 23.4. The number of carbonyl (C=O) groups excluding carboxylic acids is 1. The molecule has 0 bridgehead atoms. The molecule has 0 saturated heterocycles. The molecule has 5 heteroatoms. The molecule has 5 nitrogen and oxygen atoms in total. The van der Waals surface area contributed by atoms with Crippen molar-refractivity contribution in [2.45, 2.75) is 96.4 Å². The molecule has 0 aliphatic carbocycles. The standard InChI is InChI=1S/C27H41NO4/c1-2-3-4-5-6-7-8-9-10-11-12-13-14-15-16-17-26(30)28-25(27(31)32)22-23-18-20-24(29)21-19-23/h6-7,9-10,18-21,25,29H,2-5,8,11-17,22H2,1H3,(H,28,30)(H,31,32)/b7-6-,10-9-/t25-/m0/s1. The first-order valence-electron chi connectivity index (χ1n) is 12.1. The van der Waals surface area contributed by atoms with E-state index in [1.807, 2.05) is 0 Å². The number of nitrogens with one attached hydrogen (secondary N) is 1. The summed E-state index contributed by atoms with van der Waals surface area (Å²) < 4.78 is 0. The smallest absolute Gasteiger partial charge is 0.326 e. The third kappa shape index (κ3) is 14.4. The molecule has 0 aromatic heterocycles. The molecule has 0 heterocycles. The lowest BCUT2D eigenvalue weighted by Gasteiger charge is -2.14. The second kappa shape index (κ2) is 18.1. The van der Waals surface area contributed by atoms with Crippen LogP contribution in [0.2, 0.25) is 0 Å². The van der Waals surface area contributed by atoms with Gasteiger partial charge in [0.1, 0.15) is 11.8 Å². The van der Waals surface area contributed by atoms with Crippen LogP contribution in [-0.4, -0.2) is 28.1 Å². The van der Waals surface area contributed by atoms with E-state index in [4.69, 9.17) is 0 Å². The number of benzene rings is 1. The molecule has 32 heavy (non-hydrogen) atoms. The first kappa shape index (κ1) is 27.5. The van der Waals surface area contributed by atoms with Crippen molar-refractivity contribution in [2.24, 2.45) is 0 Å². The molecule has 178 valence electrons. The Kier molecular flexibility index (Phi) is 15.5. The fourth-order valence-electron chi connectivity index (χ4n) is 3.43. The number of amides is 1. The van der Waals surface area contributed by atoms with Crippen molar-refractivity contribution in [1.29, 1.82) is 0 Å². The molecule has 0 radical (unpaired) electrons. The number of hydrogen-bond donors (Lipinski definition) is 3. The Bertz CT molecular complexity index is 694. The monoisotopic (exact) mass is 443 g/mol. The molecule has 0 unspecified atom stereocenters. The van der Waals surface area contributed by atoms with Crippen molar-refractivity contribution in [1.82, 2.24) is 5.32 Å². The number of carboxylic acid groups (broad SMARTS) is 1. The minimum Gasteiger partial charge on any atom is -0.508 e. The number of aliphatic carboxylic acids is 1. The number of carbonyl (C=O) groups is 2. The van der Waals surface area contributed by atoms with Crippen LogP contribution in [0.5, 0.6) is 5.75 Å². The Morgan fingerprint density at radius 3 is 2.09 bits per heavy atom. The van der Waals surface area contributed by atoms with Crippen LogP contribution in [0.3, 0.4) is 0 Å². The number of phenols is 1. The SMILES string of the molecule is CCCCC/C=C\C/C=C\CCCCCCCC(=O)N[C@@H](Cc1ccc(O)cc1)C(=O)O. The summed E-state index contributed by atoms with van der Waals surface area (Å²) in [6, 6.07) is 5.40. The van der Waals surface area contributed by atoms with Gasteiger partial charge >= 0.3 is 5.97 Å². The normalized spacial score (nSPS) is 12.4. The molecule has 1 amide bonds. The topological polar surface area (TPSA) is 86.6 Å². The van der Waals surface area contributed by atoms with Gasteiger partial charge in [-0.2, -0.15) is 0 Å². The van der Waals surface area contributed by atoms with Gasteiger partial charge in [0, 0.05) is 12.8 Å². The van der Waals surface area contributed by atoms with Gasteiger partial charge in [0.05, 0.1) is 0 Å². The quantitative estimate of drug-likeness (QED) is 0.183. The molecule has 0 spiro atoms. The Morgan fingerprint density at radius 2 is 1.47 bits per heavy atom. The number of carboxylic acids is 1. The van der Waals surface area contributed by atoms with Crippen molar-refractivity contribution in [3.05, 3.63) is 54.1 Å². The molecule has 3 N–H and O–H groups in total. The second-order valence-electron chi connectivity index (χ2n) is 8.31. The predicted octanol–water partition coefficient (Wildman–Crippen LogP) is 6.32. The number of rotatable bonds is 18. The highest BCUT2D eigenvalue weighted by Gasteiger charge is 2.20. The minimum atomic E-state index is -1.05. The average Bonchev–Trinajstić information content (AvgIpc) is 2.77. The zero-order valence-electron chi connectivity index (χ0n) is 19.6. The maximum Gasteiger partial charge on any atom is 0.326 e. The van der Waals surface area contributed by atoms with Crippen LogP contribution in [0.1, 0.15) is 89.5 Å². The van der Waals surface area contributed by atoms with Crippen molar-refractivity contribution in [2.75, 3.05) is 0 Å². The highest BCUT2D eigenvalue weighted by atomic mass is 16.4. The fourth-order valence-corrected chi connectivity index (χ4v) is 3.43. The zero-order valence-corrected chi connectivity index (χ0v) is 19.6. The molecule has 1 aromatic rings. The lowest BCUT2D eigenvalue weighted by molar-refractivity contribution is -0.141. The van der Waals surface area contributed by atoms with Crippen LogP contribution < -0.4 is 5.32 Å². The molecule has 1 atom stereocenters. The second-order valence-corrected chi connectivity index (χ2v) is 8.31. The van der Waals surface area contributed by atoms with Gasteiger partial charge in [-0.25, -0.2) is 4.79 Å². The summed E-state index contributed by atoms with van der Waals surface area (Å²) in [6.45, 7) is 2.22. The average molecular weight is 444 g/mol. The lowest BCUT2D eigenvalue weighted by Crippen LogP contribution is -2.42. The van der Waals surface area contributed by atoms with Crippen LogP contribution in [-0.2, 0) is 16.0 Å². The number of aromatic hydroxyl groups is 1. The van der Waals surface area contributed by atoms with Gasteiger partial charge in [0.2, 0.25) is 5.91 Å². The van der Waals surface area contributed by atoms with Gasteiger partial charge in [-0.1, -0.05) is 75.5 Å². The van der Waals surface area contributed by atoms with Crippen molar-refractivity contribution in [3.63, 3.8) is 0 Å². The maximum absolute atomic E-state index is 12.1. The summed E-state index contributed by atoms with van der Waals surface area (Å²) in [5.41, 5.74) is 0.757. The van der Waals surface area contributed by atoms with E-state index >= 15 is 0 Å². The molecule has 0 saturated carbocycles. The van der Waals surface area contributed by atoms with E-state index in [0.29, 0.717) is 6.42 Å². The number of unbranched alkanes of at least 4 members (excludes halogenated alkanes) is 8. The van der Waals surface area contributed by atoms with E-state index in [0.717, 1.165) is 50.5 Å². The molecule has 1 aromatic carbocycles. The van der Waals surface area contributed by atoms with Crippen molar-refractivity contribution in [3.8, 4) is 5.75 Å². The van der Waals surface area contributed by atoms with Crippen LogP contribution >= 0.6 is 0 Å². The molecule has 0 fully saturated rings. The highest BCUT2D eigenvalue weighted by Crippen LogP contribution is 2.12. The van der Waals surface area contributed by atoms with Crippen molar-refractivity contribution < 1.29 is 19.8 Å². The summed E-state index contributed by atoms with van der Waals surface area (Å²) >= 11 is 0. The summed E-state index contributed by atoms with van der Waals surface area (Å²) in [6.07, 6.45) is 21.9. The fraction of sp³-hybridized carbons (Fsp3) is 0.556. The lowest BCUT2D eigenvalue weighted by atomic mass is 10.0. The Morgan fingerprint density at radius 1 is 0.875 bits per heavy atom. The van der Waals surface area contributed by atoms with Gasteiger partial charge in [-0.15, -0.1) is 0 Å². The van der Waals surface area contributed by atoms with E-state index < -0.39 is 12.0 Å². The third-order valence-corrected chi connectivity index (χ3v) is 5.36. The van der Waals surface area contributed by atoms with Gasteiger partial charge in [0.15, 0.2) is 0 Å². The van der Waals surface area contributed by atoms with Crippen LogP contribution in [0.15, 0.2) is 48.6 Å². The number of hydrogen-bond acceptors (Lipinski definition) is 3. The molecular formula is C27H41NO4. The summed E-state index contributed by atoms with van der Waals surface area (Å²) in [5, 5.41) is 21.3. The van der Waals surface area contributed by atoms with Crippen LogP contribution in [0.4, 0.5) is 0 Å². The Hall–Kier alpha value is -2.56. The number of phenolic OH excluding ortho intramolecular Hbond substituents is 1. The molecule has 0 aliphatic heterocycles. The van der Waals surface area contributed by atoms with Gasteiger partial charge < -0.3 is 15.5 Å². The first-order valence-corrected chi connectivity index (χ1v) is 12.1. The molecule has 1 rings (SSSR count). The highest BCUT2D eigenvalue weighted by molar-refractivity contribution is 5.83. The van der Waals surface area contributed by atoms with Gasteiger partial charge in [0.25, 0.3) is 0 Å². The summed E-state index contributed by atoms with van der Waals surface area (Å²) in [4.78, 5) is 23.6. The Labute approximate surface area is 193 Å². The maximum atomic E-state index is 12.1. The predicted molar refractivity (Wildman–Crippen MR) is 131 cm³/mol. The van der Waals surface area contributed by atoms with Gasteiger partial charge in [-0.3, -0.25) is 4.79 Å². The largest absolute Gasteiger partial charge is 0.508 e. The van der Waals surface area contributed by atoms with Crippen molar-refractivity contribution >= 4 is 11.9 Å². The van der Waals surface area contributed by atoms with Crippen LogP contribution in [0.25, 0.3) is 0 Å². The van der Waals surface area contributed by atoms with E-state index in [1.54, 1.807) is 12.1 Å². The minimum absolute atomic E-state index is 0.131. The van der Waals surface area contributed by atoms with E-state index in [2.05, 4.69) is 36.5 Å². The van der Waals surface area contributed by atoms with Gasteiger partial charge in [-0.05, 0) is 56.2 Å². The summed E-state index contributed by atoms with van der Waals surface area (Å²) in [5.74, 6) is -1.14. The third-order valence-electron chi connectivity index (χ3n) is 5.36. The summed E-state index contributed by atoms with van der Waals surface area (Å²) in [7, 11) is 0. The van der Waals surface area contributed by atoms with E-state index in [-0.39, 0.29) is 18.1 Å².